The molecule has 1 rings (SSSR count). The van der Waals surface area contributed by atoms with Gasteiger partial charge in [0, 0.05) is 6.42 Å². The van der Waals surface area contributed by atoms with Gasteiger partial charge in [0.25, 0.3) is 0 Å². The van der Waals surface area contributed by atoms with Crippen molar-refractivity contribution in [2.75, 3.05) is 0 Å². The fourth-order valence-electron chi connectivity index (χ4n) is 2.29. The maximum absolute atomic E-state index is 9.76. The van der Waals surface area contributed by atoms with Gasteiger partial charge in [-0.3, -0.25) is 0 Å². The minimum atomic E-state index is -0.837. The first kappa shape index (κ1) is 13.7. The molecule has 0 amide bonds. The Bertz CT molecular complexity index is 217. The Hall–Kier alpha value is -0.380. The van der Waals surface area contributed by atoms with Crippen LogP contribution in [-0.4, -0.2) is 33.6 Å². The zero-order chi connectivity index (χ0) is 12.1. The van der Waals surface area contributed by atoms with E-state index in [4.69, 9.17) is 0 Å². The summed E-state index contributed by atoms with van der Waals surface area (Å²) < 4.78 is 0. The Morgan fingerprint density at radius 2 is 1.94 bits per heavy atom. The summed E-state index contributed by atoms with van der Waals surface area (Å²) in [6, 6.07) is 0. The van der Waals surface area contributed by atoms with Crippen LogP contribution >= 0.6 is 0 Å². The van der Waals surface area contributed by atoms with Crippen molar-refractivity contribution in [3.05, 3.63) is 12.7 Å². The second-order valence-corrected chi connectivity index (χ2v) is 4.95. The van der Waals surface area contributed by atoms with E-state index in [1.165, 1.54) is 25.3 Å². The van der Waals surface area contributed by atoms with Crippen LogP contribution in [0.5, 0.6) is 0 Å². The van der Waals surface area contributed by atoms with Gasteiger partial charge in [0.05, 0.1) is 18.3 Å². The van der Waals surface area contributed by atoms with Crippen molar-refractivity contribution in [3.63, 3.8) is 0 Å². The first-order valence-corrected chi connectivity index (χ1v) is 6.25. The van der Waals surface area contributed by atoms with Crippen molar-refractivity contribution >= 4 is 0 Å². The van der Waals surface area contributed by atoms with Gasteiger partial charge in [0.15, 0.2) is 0 Å². The van der Waals surface area contributed by atoms with E-state index in [0.717, 1.165) is 5.92 Å². The smallest absolute Gasteiger partial charge is 0.0826 e. The van der Waals surface area contributed by atoms with Gasteiger partial charge in [-0.25, -0.2) is 0 Å². The highest BCUT2D eigenvalue weighted by Crippen LogP contribution is 2.45. The van der Waals surface area contributed by atoms with Crippen molar-refractivity contribution in [1.82, 2.24) is 0 Å². The molecule has 0 aromatic rings. The molecule has 0 aromatic carbocycles. The first-order chi connectivity index (χ1) is 7.58. The van der Waals surface area contributed by atoms with Crippen molar-refractivity contribution in [3.8, 4) is 0 Å². The summed E-state index contributed by atoms with van der Waals surface area (Å²) >= 11 is 0. The van der Waals surface area contributed by atoms with Crippen LogP contribution in [0.2, 0.25) is 0 Å². The SMILES string of the molecule is C=C[C@H](O)C[C@@H](O)[C@H](O)CC1CC1CCC. The molecule has 16 heavy (non-hydrogen) atoms. The average Bonchev–Trinajstić information content (AvgIpc) is 2.96. The molecule has 1 fully saturated rings. The number of hydrogen-bond acceptors (Lipinski definition) is 3. The third-order valence-electron chi connectivity index (χ3n) is 3.47. The maximum Gasteiger partial charge on any atom is 0.0826 e. The van der Waals surface area contributed by atoms with E-state index >= 15 is 0 Å². The van der Waals surface area contributed by atoms with Crippen LogP contribution in [0.15, 0.2) is 12.7 Å². The van der Waals surface area contributed by atoms with Crippen LogP contribution < -0.4 is 0 Å². The Labute approximate surface area is 97.8 Å². The minimum Gasteiger partial charge on any atom is -0.390 e. The summed E-state index contributed by atoms with van der Waals surface area (Å²) in [6.07, 6.45) is 3.55. The Kier molecular flexibility index (Phi) is 5.46. The number of hydrogen-bond donors (Lipinski definition) is 3. The van der Waals surface area contributed by atoms with Crippen LogP contribution in [0.1, 0.15) is 39.0 Å². The molecule has 0 heterocycles. The van der Waals surface area contributed by atoms with Gasteiger partial charge in [-0.1, -0.05) is 25.8 Å². The van der Waals surface area contributed by atoms with E-state index in [2.05, 4.69) is 13.5 Å². The summed E-state index contributed by atoms with van der Waals surface area (Å²) in [7, 11) is 0. The minimum absolute atomic E-state index is 0.176. The number of aliphatic hydroxyl groups is 3. The lowest BCUT2D eigenvalue weighted by molar-refractivity contribution is -0.0113. The zero-order valence-corrected chi connectivity index (χ0v) is 10.0. The fourth-order valence-corrected chi connectivity index (χ4v) is 2.29. The lowest BCUT2D eigenvalue weighted by Gasteiger charge is -2.19. The van der Waals surface area contributed by atoms with Crippen molar-refractivity contribution in [1.29, 1.82) is 0 Å². The van der Waals surface area contributed by atoms with Gasteiger partial charge in [-0.15, -0.1) is 6.58 Å². The van der Waals surface area contributed by atoms with Gasteiger partial charge in [0.2, 0.25) is 0 Å². The molecular formula is C13H24O3. The predicted octanol–water partition coefficient (Wildman–Crippen LogP) is 1.47. The Morgan fingerprint density at radius 3 is 2.50 bits per heavy atom. The van der Waals surface area contributed by atoms with E-state index in [1.807, 2.05) is 0 Å². The van der Waals surface area contributed by atoms with Gasteiger partial charge in [-0.2, -0.15) is 0 Å². The maximum atomic E-state index is 9.76. The molecule has 0 bridgehead atoms. The summed E-state index contributed by atoms with van der Waals surface area (Å²) in [6.45, 7) is 5.61. The highest BCUT2D eigenvalue weighted by molar-refractivity contribution is 4.90. The molecule has 0 saturated heterocycles. The van der Waals surface area contributed by atoms with Crippen molar-refractivity contribution < 1.29 is 15.3 Å². The molecule has 1 aliphatic carbocycles. The zero-order valence-electron chi connectivity index (χ0n) is 10.0. The molecule has 0 radical (unpaired) electrons. The highest BCUT2D eigenvalue weighted by Gasteiger charge is 2.38. The Morgan fingerprint density at radius 1 is 1.25 bits per heavy atom. The third kappa shape index (κ3) is 4.24. The first-order valence-electron chi connectivity index (χ1n) is 6.25. The standard InChI is InChI=1S/C13H24O3/c1-3-5-9-6-10(9)7-12(15)13(16)8-11(14)4-2/h4,9-16H,2-3,5-8H2,1H3/t9?,10?,11-,12+,13+/m0/s1. The monoisotopic (exact) mass is 228 g/mol. The molecule has 94 valence electrons. The van der Waals surface area contributed by atoms with Crippen LogP contribution in [0.25, 0.3) is 0 Å². The number of rotatable bonds is 8. The molecule has 1 saturated carbocycles. The second-order valence-electron chi connectivity index (χ2n) is 4.95. The van der Waals surface area contributed by atoms with Gasteiger partial charge in [-0.05, 0) is 24.7 Å². The molecule has 3 N–H and O–H groups in total. The van der Waals surface area contributed by atoms with E-state index in [0.29, 0.717) is 12.3 Å². The molecule has 0 spiro atoms. The lowest BCUT2D eigenvalue weighted by atomic mass is 10.0. The molecule has 0 aromatic heterocycles. The molecule has 0 aliphatic heterocycles. The Balaban J connectivity index is 2.19. The van der Waals surface area contributed by atoms with E-state index in [1.54, 1.807) is 0 Å². The van der Waals surface area contributed by atoms with Crippen molar-refractivity contribution in [2.24, 2.45) is 11.8 Å². The summed E-state index contributed by atoms with van der Waals surface area (Å²) in [5.74, 6) is 1.32. The topological polar surface area (TPSA) is 60.7 Å². The molecule has 3 nitrogen and oxygen atoms in total. The molecule has 5 atom stereocenters. The predicted molar refractivity (Wildman–Crippen MR) is 64.0 cm³/mol. The molecular weight excluding hydrogens is 204 g/mol. The van der Waals surface area contributed by atoms with Crippen LogP contribution in [0.4, 0.5) is 0 Å². The lowest BCUT2D eigenvalue weighted by Crippen LogP contribution is -2.30. The van der Waals surface area contributed by atoms with E-state index in [9.17, 15) is 15.3 Å². The van der Waals surface area contributed by atoms with Crippen molar-refractivity contribution in [2.45, 2.75) is 57.3 Å². The largest absolute Gasteiger partial charge is 0.390 e. The molecule has 2 unspecified atom stereocenters. The summed E-state index contributed by atoms with van der Waals surface area (Å²) in [4.78, 5) is 0. The van der Waals surface area contributed by atoms with Crippen LogP contribution in [0.3, 0.4) is 0 Å². The fraction of sp³-hybridized carbons (Fsp3) is 0.846. The highest BCUT2D eigenvalue weighted by atomic mass is 16.3. The van der Waals surface area contributed by atoms with Gasteiger partial charge in [0.1, 0.15) is 0 Å². The quantitative estimate of drug-likeness (QED) is 0.551. The van der Waals surface area contributed by atoms with Crippen LogP contribution in [-0.2, 0) is 0 Å². The van der Waals surface area contributed by atoms with E-state index in [-0.39, 0.29) is 6.42 Å². The molecule has 3 heteroatoms. The van der Waals surface area contributed by atoms with E-state index < -0.39 is 18.3 Å². The second kappa shape index (κ2) is 6.38. The molecule has 1 aliphatic rings. The van der Waals surface area contributed by atoms with Gasteiger partial charge < -0.3 is 15.3 Å². The third-order valence-corrected chi connectivity index (χ3v) is 3.47. The summed E-state index contributed by atoms with van der Waals surface area (Å²) in [5, 5.41) is 28.7. The summed E-state index contributed by atoms with van der Waals surface area (Å²) in [5.41, 5.74) is 0. The normalized spacial score (nSPS) is 29.5. The van der Waals surface area contributed by atoms with Crippen LogP contribution in [0, 0.1) is 11.8 Å². The van der Waals surface area contributed by atoms with Gasteiger partial charge >= 0.3 is 0 Å². The average molecular weight is 228 g/mol. The number of aliphatic hydroxyl groups excluding tert-OH is 3.